The molecule has 0 radical (unpaired) electrons. The Balaban J connectivity index is 1.73. The highest BCUT2D eigenvalue weighted by molar-refractivity contribution is 6.30. The zero-order valence-corrected chi connectivity index (χ0v) is 20.0. The van der Waals surface area contributed by atoms with Gasteiger partial charge in [-0.2, -0.15) is 13.2 Å². The van der Waals surface area contributed by atoms with E-state index in [4.69, 9.17) is 11.6 Å². The van der Waals surface area contributed by atoms with Crippen molar-refractivity contribution < 1.29 is 22.8 Å². The van der Waals surface area contributed by atoms with Crippen molar-refractivity contribution in [1.29, 1.82) is 0 Å². The number of hydrogen-bond acceptors (Lipinski definition) is 3. The minimum Gasteiger partial charge on any atom is -0.357 e. The molecule has 5 rings (SSSR count). The molecule has 0 bridgehead atoms. The van der Waals surface area contributed by atoms with Crippen LogP contribution in [0.3, 0.4) is 0 Å². The van der Waals surface area contributed by atoms with E-state index in [0.717, 1.165) is 16.0 Å². The predicted molar refractivity (Wildman–Crippen MR) is 133 cm³/mol. The normalized spacial score (nSPS) is 21.6. The van der Waals surface area contributed by atoms with Gasteiger partial charge in [0.2, 0.25) is 0 Å². The minimum atomic E-state index is -5.13. The van der Waals surface area contributed by atoms with Gasteiger partial charge in [-0.05, 0) is 42.3 Å². The van der Waals surface area contributed by atoms with Crippen molar-refractivity contribution in [3.63, 3.8) is 0 Å². The molecule has 184 valence electrons. The number of hydrogen-bond donors (Lipinski definition) is 1. The molecule has 3 aromatic rings. The lowest BCUT2D eigenvalue weighted by Crippen LogP contribution is -2.47. The van der Waals surface area contributed by atoms with E-state index < -0.39 is 24.0 Å². The van der Waals surface area contributed by atoms with E-state index in [2.05, 4.69) is 5.32 Å². The third-order valence-electron chi connectivity index (χ3n) is 6.68. The number of amides is 1. The number of allylic oxidation sites excluding steroid dienone is 1. The summed E-state index contributed by atoms with van der Waals surface area (Å²) in [5, 5.41) is 3.73. The highest BCUT2D eigenvalue weighted by atomic mass is 35.5. The molecule has 0 saturated carbocycles. The van der Waals surface area contributed by atoms with Gasteiger partial charge >= 0.3 is 12.1 Å². The lowest BCUT2D eigenvalue weighted by Gasteiger charge is -2.37. The van der Waals surface area contributed by atoms with E-state index in [1.807, 2.05) is 19.1 Å². The molecule has 3 aromatic carbocycles. The maximum atomic E-state index is 13.9. The molecule has 1 aliphatic carbocycles. The first kappa shape index (κ1) is 24.1. The van der Waals surface area contributed by atoms with Crippen LogP contribution >= 0.6 is 11.6 Å². The van der Waals surface area contributed by atoms with Gasteiger partial charge in [0.05, 0.1) is 23.3 Å². The first-order chi connectivity index (χ1) is 17.1. The topological polar surface area (TPSA) is 49.4 Å². The predicted octanol–water partition coefficient (Wildman–Crippen LogP) is 6.97. The Hall–Kier alpha value is -3.58. The summed E-state index contributed by atoms with van der Waals surface area (Å²) in [7, 11) is 0. The number of carbonyl (C=O) groups excluding carboxylic acids is 2. The molecule has 1 heterocycles. The van der Waals surface area contributed by atoms with Crippen LogP contribution in [0.2, 0.25) is 5.02 Å². The maximum absolute atomic E-state index is 13.9. The van der Waals surface area contributed by atoms with Gasteiger partial charge in [-0.25, -0.2) is 0 Å². The summed E-state index contributed by atoms with van der Waals surface area (Å²) in [6.45, 7) is 1.86. The Kier molecular flexibility index (Phi) is 6.12. The van der Waals surface area contributed by atoms with Crippen molar-refractivity contribution in [2.24, 2.45) is 5.92 Å². The Morgan fingerprint density at radius 3 is 2.42 bits per heavy atom. The standard InChI is InChI=1S/C28H22ClF3N2O2/c1-16-9-11-17(12-10-16)26-25-22(14-19(15-24(25)35)18-5-4-6-20(29)13-18)33-21-7-2-3-8-23(21)34(26)27(36)28(30,31)32/h2-14,19,25-26,33H,15H2,1H3/t19-,25+,26-/m0/s1. The molecule has 0 spiro atoms. The van der Waals surface area contributed by atoms with Gasteiger partial charge in [0, 0.05) is 23.1 Å². The smallest absolute Gasteiger partial charge is 0.357 e. The number of nitrogens with zero attached hydrogens (tertiary/aromatic N) is 1. The minimum absolute atomic E-state index is 0.0628. The highest BCUT2D eigenvalue weighted by Crippen LogP contribution is 2.49. The largest absolute Gasteiger partial charge is 0.471 e. The average Bonchev–Trinajstić information content (AvgIpc) is 2.98. The van der Waals surface area contributed by atoms with E-state index in [0.29, 0.717) is 22.0 Å². The Morgan fingerprint density at radius 1 is 1.00 bits per heavy atom. The van der Waals surface area contributed by atoms with Crippen LogP contribution in [0.4, 0.5) is 24.5 Å². The van der Waals surface area contributed by atoms with Crippen LogP contribution in [0.15, 0.2) is 84.6 Å². The van der Waals surface area contributed by atoms with Crippen LogP contribution < -0.4 is 10.2 Å². The summed E-state index contributed by atoms with van der Waals surface area (Å²) < 4.78 is 41.8. The Labute approximate surface area is 211 Å². The van der Waals surface area contributed by atoms with E-state index in [1.54, 1.807) is 60.7 Å². The SMILES string of the molecule is Cc1ccc([C@H]2[C@H]3C(=O)C[C@@H](c4cccc(Cl)c4)C=C3Nc3ccccc3N2C(=O)C(F)(F)F)cc1. The van der Waals surface area contributed by atoms with Crippen molar-refractivity contribution in [3.05, 3.63) is 106 Å². The fraction of sp³-hybridized carbons (Fsp3) is 0.214. The van der Waals surface area contributed by atoms with Crippen LogP contribution in [0.25, 0.3) is 0 Å². The van der Waals surface area contributed by atoms with Crippen molar-refractivity contribution in [1.82, 2.24) is 0 Å². The average molecular weight is 511 g/mol. The fourth-order valence-corrected chi connectivity index (χ4v) is 5.23. The Morgan fingerprint density at radius 2 is 1.72 bits per heavy atom. The summed E-state index contributed by atoms with van der Waals surface area (Å²) in [6.07, 6.45) is -3.19. The molecule has 1 N–H and O–H groups in total. The third kappa shape index (κ3) is 4.39. The van der Waals surface area contributed by atoms with Crippen LogP contribution in [0.1, 0.15) is 35.1 Å². The molecular formula is C28H22ClF3N2O2. The number of para-hydroxylation sites is 2. The molecule has 1 amide bonds. The third-order valence-corrected chi connectivity index (χ3v) is 6.91. The second-order valence-corrected chi connectivity index (χ2v) is 9.54. The summed E-state index contributed by atoms with van der Waals surface area (Å²) >= 11 is 6.17. The molecule has 2 aliphatic rings. The summed E-state index contributed by atoms with van der Waals surface area (Å²) in [6, 6.07) is 19.2. The first-order valence-electron chi connectivity index (χ1n) is 11.5. The molecule has 0 aromatic heterocycles. The summed E-state index contributed by atoms with van der Waals surface area (Å²) in [4.78, 5) is 27.4. The number of Topliss-reactive ketones (excluding diaryl/α,β-unsaturated/α-hetero) is 1. The van der Waals surface area contributed by atoms with Crippen molar-refractivity contribution >= 4 is 34.7 Å². The van der Waals surface area contributed by atoms with Gasteiger partial charge in [0.15, 0.2) is 0 Å². The lowest BCUT2D eigenvalue weighted by atomic mass is 9.76. The summed E-state index contributed by atoms with van der Waals surface area (Å²) in [5.74, 6) is -3.61. The van der Waals surface area contributed by atoms with Crippen LogP contribution in [0, 0.1) is 12.8 Å². The van der Waals surface area contributed by atoms with Crippen molar-refractivity contribution in [3.8, 4) is 0 Å². The van der Waals surface area contributed by atoms with Gasteiger partial charge in [-0.3, -0.25) is 14.5 Å². The highest BCUT2D eigenvalue weighted by Gasteiger charge is 2.51. The van der Waals surface area contributed by atoms with E-state index in [-0.39, 0.29) is 23.8 Å². The van der Waals surface area contributed by atoms with Crippen LogP contribution in [0.5, 0.6) is 0 Å². The number of benzene rings is 3. The van der Waals surface area contributed by atoms with Crippen molar-refractivity contribution in [2.45, 2.75) is 31.5 Å². The zero-order valence-electron chi connectivity index (χ0n) is 19.2. The van der Waals surface area contributed by atoms with E-state index in [1.165, 1.54) is 6.07 Å². The van der Waals surface area contributed by atoms with Gasteiger partial charge in [-0.1, -0.05) is 71.8 Å². The van der Waals surface area contributed by atoms with E-state index in [9.17, 15) is 22.8 Å². The molecule has 8 heteroatoms. The first-order valence-corrected chi connectivity index (χ1v) is 11.8. The number of alkyl halides is 3. The van der Waals surface area contributed by atoms with Crippen LogP contribution in [-0.4, -0.2) is 17.9 Å². The molecule has 0 saturated heterocycles. The molecule has 36 heavy (non-hydrogen) atoms. The summed E-state index contributed by atoms with van der Waals surface area (Å²) in [5.41, 5.74) is 3.03. The molecule has 0 fully saturated rings. The number of anilines is 2. The number of halogens is 4. The zero-order chi connectivity index (χ0) is 25.6. The molecule has 1 aliphatic heterocycles. The Bertz CT molecular complexity index is 1370. The maximum Gasteiger partial charge on any atom is 0.471 e. The second kappa shape index (κ2) is 9.13. The fourth-order valence-electron chi connectivity index (χ4n) is 5.03. The lowest BCUT2D eigenvalue weighted by molar-refractivity contribution is -0.171. The van der Waals surface area contributed by atoms with Gasteiger partial charge in [-0.15, -0.1) is 0 Å². The monoisotopic (exact) mass is 510 g/mol. The van der Waals surface area contributed by atoms with Gasteiger partial charge < -0.3 is 5.32 Å². The van der Waals surface area contributed by atoms with E-state index >= 15 is 0 Å². The molecule has 3 atom stereocenters. The number of carbonyl (C=O) groups is 2. The van der Waals surface area contributed by atoms with Crippen molar-refractivity contribution in [2.75, 3.05) is 10.2 Å². The number of nitrogens with one attached hydrogen (secondary N) is 1. The molecule has 0 unspecified atom stereocenters. The van der Waals surface area contributed by atoms with Gasteiger partial charge in [0.25, 0.3) is 0 Å². The number of ketones is 1. The van der Waals surface area contributed by atoms with Crippen LogP contribution in [-0.2, 0) is 9.59 Å². The molecular weight excluding hydrogens is 489 g/mol. The quantitative estimate of drug-likeness (QED) is 0.405. The molecule has 4 nitrogen and oxygen atoms in total. The number of aryl methyl sites for hydroxylation is 1. The second-order valence-electron chi connectivity index (χ2n) is 9.10. The number of fused-ring (bicyclic) bond motifs is 2. The van der Waals surface area contributed by atoms with Gasteiger partial charge in [0.1, 0.15) is 5.78 Å². The number of rotatable bonds is 2.